The predicted octanol–water partition coefficient (Wildman–Crippen LogP) is 0.0744. The van der Waals surface area contributed by atoms with Crippen LogP contribution < -0.4 is 0 Å². The van der Waals surface area contributed by atoms with E-state index in [1.165, 1.54) is 19.5 Å². The first-order chi connectivity index (χ1) is 4.68. The molecule has 0 aromatic heterocycles. The average Bonchev–Trinajstić information content (AvgIpc) is 1.85. The zero-order chi connectivity index (χ0) is 8.41. The quantitative estimate of drug-likeness (QED) is 0.745. The minimum atomic E-state index is -0.955. The van der Waals surface area contributed by atoms with Crippen molar-refractivity contribution >= 4 is 18.5 Å². The molecule has 0 aromatic rings. The van der Waals surface area contributed by atoms with Gasteiger partial charge in [-0.05, 0) is 0 Å². The third-order valence-electron chi connectivity index (χ3n) is 0.441. The molecule has 0 spiro atoms. The van der Waals surface area contributed by atoms with Crippen molar-refractivity contribution in [2.45, 2.75) is 19.8 Å². The number of carboxylic acid groups (broad SMARTS) is 1. The maximum absolute atomic E-state index is 9.58. The van der Waals surface area contributed by atoms with Crippen molar-refractivity contribution in [3.05, 3.63) is 0 Å². The summed E-state index contributed by atoms with van der Waals surface area (Å²) in [5.74, 6) is -0.955. The summed E-state index contributed by atoms with van der Waals surface area (Å²) in [4.78, 5) is 27.6. The largest absolute Gasteiger partial charge is 2.00 e. The van der Waals surface area contributed by atoms with Crippen LogP contribution in [0, 0.1) is 0 Å². The van der Waals surface area contributed by atoms with Crippen molar-refractivity contribution < 1.29 is 40.6 Å². The Morgan fingerprint density at radius 1 is 1.45 bits per heavy atom. The van der Waals surface area contributed by atoms with E-state index in [4.69, 9.17) is 9.90 Å². The van der Waals surface area contributed by atoms with Gasteiger partial charge in [-0.15, -0.1) is 6.42 Å². The van der Waals surface area contributed by atoms with Crippen LogP contribution in [0.3, 0.4) is 0 Å². The van der Waals surface area contributed by atoms with Crippen molar-refractivity contribution in [1.29, 1.82) is 0 Å². The number of carbonyl (C=O) groups is 1. The molecule has 0 saturated heterocycles. The van der Waals surface area contributed by atoms with Gasteiger partial charge in [0.1, 0.15) is 0 Å². The van der Waals surface area contributed by atoms with Crippen LogP contribution in [0.1, 0.15) is 19.8 Å². The maximum atomic E-state index is 9.58. The smallest absolute Gasteiger partial charge is 0.542 e. The molecule has 11 heavy (non-hydrogen) atoms. The standard InChI is InChI=1S/C4H5O3.C2H3O.W/c5-3-1-2-4(6)7;1-2-3;/h1-2H2,(H,6,7);1H3;/q2*-1;+2. The molecule has 0 unspecified atom stereocenters. The Morgan fingerprint density at radius 3 is 1.91 bits per heavy atom. The summed E-state index contributed by atoms with van der Waals surface area (Å²) in [6, 6.07) is 0. The van der Waals surface area contributed by atoms with Gasteiger partial charge in [-0.3, -0.25) is 17.4 Å². The summed E-state index contributed by atoms with van der Waals surface area (Å²) in [6.07, 6.45) is 2.86. The van der Waals surface area contributed by atoms with E-state index < -0.39 is 5.97 Å². The van der Waals surface area contributed by atoms with Crippen LogP contribution in [0.2, 0.25) is 0 Å². The number of hydrogen-bond donors (Lipinski definition) is 1. The molecule has 1 N–H and O–H groups in total. The van der Waals surface area contributed by atoms with E-state index in [2.05, 4.69) is 0 Å². The Bertz CT molecular complexity index is 113. The van der Waals surface area contributed by atoms with Gasteiger partial charge >= 0.3 is 27.0 Å². The zero-order valence-corrected chi connectivity index (χ0v) is 8.93. The summed E-state index contributed by atoms with van der Waals surface area (Å²) in [6.45, 7) is 1.32. The molecular weight excluding hydrogens is 320 g/mol. The Labute approximate surface area is 79.2 Å². The normalized spacial score (nSPS) is 6.27. The molecule has 0 radical (unpaired) electrons. The molecule has 0 aliphatic rings. The van der Waals surface area contributed by atoms with Crippen LogP contribution in [0.4, 0.5) is 0 Å². The van der Waals surface area contributed by atoms with Crippen LogP contribution in [0.15, 0.2) is 0 Å². The molecule has 0 rings (SSSR count). The van der Waals surface area contributed by atoms with Gasteiger partial charge in [-0.1, -0.05) is 0 Å². The van der Waals surface area contributed by atoms with Gasteiger partial charge < -0.3 is 14.7 Å². The van der Waals surface area contributed by atoms with Gasteiger partial charge in [0, 0.05) is 6.42 Å². The molecule has 0 bridgehead atoms. The van der Waals surface area contributed by atoms with Gasteiger partial charge in [0.25, 0.3) is 0 Å². The molecule has 4 nitrogen and oxygen atoms in total. The monoisotopic (exact) mass is 328 g/mol. The second-order valence-corrected chi connectivity index (χ2v) is 1.24. The molecule has 0 atom stereocenters. The fraction of sp³-hybridized carbons (Fsp3) is 0.500. The summed E-state index contributed by atoms with van der Waals surface area (Å²) in [7, 11) is 0. The molecule has 0 aliphatic heterocycles. The van der Waals surface area contributed by atoms with Gasteiger partial charge in [0.15, 0.2) is 0 Å². The van der Waals surface area contributed by atoms with Crippen molar-refractivity contribution in [1.82, 2.24) is 0 Å². The summed E-state index contributed by atoms with van der Waals surface area (Å²) in [5, 5.41) is 7.87. The fourth-order valence-corrected chi connectivity index (χ4v) is 0.158. The number of hydrogen-bond acceptors (Lipinski definition) is 3. The average molecular weight is 328 g/mol. The van der Waals surface area contributed by atoms with Crippen LogP contribution in [0.25, 0.3) is 0 Å². The van der Waals surface area contributed by atoms with Crippen molar-refractivity contribution in [3.8, 4) is 0 Å². The summed E-state index contributed by atoms with van der Waals surface area (Å²) < 4.78 is 0. The number of aliphatic carboxylic acids is 1. The first kappa shape index (κ1) is 16.8. The van der Waals surface area contributed by atoms with Crippen molar-refractivity contribution in [2.75, 3.05) is 0 Å². The molecule has 5 heteroatoms. The minimum Gasteiger partial charge on any atom is -0.542 e. The Morgan fingerprint density at radius 2 is 1.82 bits per heavy atom. The third-order valence-corrected chi connectivity index (χ3v) is 0.441. The molecular formula is C6H8O4W. The summed E-state index contributed by atoms with van der Waals surface area (Å²) in [5.41, 5.74) is 0. The van der Waals surface area contributed by atoms with E-state index in [-0.39, 0.29) is 33.9 Å². The Balaban J connectivity index is -0.000000140. The molecule has 0 amide bonds. The first-order valence-corrected chi connectivity index (χ1v) is 2.54. The van der Waals surface area contributed by atoms with Crippen molar-refractivity contribution in [3.63, 3.8) is 0 Å². The number of carboxylic acids is 1. The van der Waals surface area contributed by atoms with Gasteiger partial charge in [-0.25, -0.2) is 0 Å². The molecule has 0 heterocycles. The third kappa shape index (κ3) is 43.6. The van der Waals surface area contributed by atoms with Crippen LogP contribution in [0.5, 0.6) is 0 Å². The summed E-state index contributed by atoms with van der Waals surface area (Å²) >= 11 is 0. The van der Waals surface area contributed by atoms with E-state index in [1.807, 2.05) is 0 Å². The van der Waals surface area contributed by atoms with Crippen molar-refractivity contribution in [2.24, 2.45) is 0 Å². The van der Waals surface area contributed by atoms with E-state index in [1.54, 1.807) is 0 Å². The fourth-order valence-electron chi connectivity index (χ4n) is 0.158. The second-order valence-electron chi connectivity index (χ2n) is 1.24. The van der Waals surface area contributed by atoms with Gasteiger partial charge in [0.05, 0.1) is 0 Å². The van der Waals surface area contributed by atoms with E-state index >= 15 is 0 Å². The van der Waals surface area contributed by atoms with E-state index in [9.17, 15) is 9.59 Å². The van der Waals surface area contributed by atoms with Crippen LogP contribution in [-0.2, 0) is 35.4 Å². The zero-order valence-electron chi connectivity index (χ0n) is 5.99. The van der Waals surface area contributed by atoms with Gasteiger partial charge in [0.2, 0.25) is 0 Å². The predicted molar refractivity (Wildman–Crippen MR) is 33.9 cm³/mol. The number of carbonyl (C=O) groups excluding carboxylic acids is 2. The molecule has 0 aromatic carbocycles. The molecule has 0 saturated carbocycles. The van der Waals surface area contributed by atoms with E-state index in [0.717, 1.165) is 0 Å². The molecule has 0 aliphatic carbocycles. The Hall–Kier alpha value is -0.502. The molecule has 62 valence electrons. The Kier molecular flexibility index (Phi) is 24.9. The number of rotatable bonds is 3. The molecule has 0 fully saturated rings. The van der Waals surface area contributed by atoms with Gasteiger partial charge in [-0.2, -0.15) is 6.92 Å². The van der Waals surface area contributed by atoms with Crippen LogP contribution in [-0.4, -0.2) is 23.6 Å². The van der Waals surface area contributed by atoms with Crippen LogP contribution >= 0.6 is 0 Å². The minimum absolute atomic E-state index is 0. The first-order valence-electron chi connectivity index (χ1n) is 2.54. The second kappa shape index (κ2) is 16.2. The van der Waals surface area contributed by atoms with E-state index in [0.29, 0.717) is 0 Å². The SMILES string of the molecule is C[C-]=O.O=[C-]CCC(=O)O.[W+2]. The maximum Gasteiger partial charge on any atom is 2.00 e. The topological polar surface area (TPSA) is 71.4 Å².